The lowest BCUT2D eigenvalue weighted by atomic mass is 9.98. The average molecular weight is 198 g/mol. The lowest BCUT2D eigenvalue weighted by molar-refractivity contribution is -0.155. The van der Waals surface area contributed by atoms with Crippen molar-refractivity contribution in [2.24, 2.45) is 0 Å². The Balaban J connectivity index is 2.11. The first-order valence-corrected chi connectivity index (χ1v) is 5.27. The molecule has 0 aromatic heterocycles. The second kappa shape index (κ2) is 3.65. The third-order valence-corrected chi connectivity index (χ3v) is 2.76. The van der Waals surface area contributed by atoms with Gasteiger partial charge in [0.25, 0.3) is 0 Å². The van der Waals surface area contributed by atoms with Gasteiger partial charge in [-0.1, -0.05) is 12.2 Å². The minimum atomic E-state index is -0.541. The van der Waals surface area contributed by atoms with E-state index in [0.717, 1.165) is 12.8 Å². The summed E-state index contributed by atoms with van der Waals surface area (Å²) in [5.74, 6) is -0.541. The summed E-state index contributed by atoms with van der Waals surface area (Å²) in [6.45, 7) is 3.80. The predicted molar refractivity (Wildman–Crippen MR) is 52.8 cm³/mol. The van der Waals surface area contributed by atoms with E-state index < -0.39 is 11.9 Å². The highest BCUT2D eigenvalue weighted by molar-refractivity contribution is 4.96. The summed E-state index contributed by atoms with van der Waals surface area (Å²) < 4.78 is 11.4. The highest BCUT2D eigenvalue weighted by Crippen LogP contribution is 2.33. The van der Waals surface area contributed by atoms with Gasteiger partial charge in [0.15, 0.2) is 5.79 Å². The van der Waals surface area contributed by atoms with Crippen LogP contribution in [0.3, 0.4) is 0 Å². The van der Waals surface area contributed by atoms with Crippen molar-refractivity contribution in [3.63, 3.8) is 0 Å². The molecule has 1 aliphatic heterocycles. The highest BCUT2D eigenvalue weighted by Gasteiger charge is 2.44. The Kier molecular flexibility index (Phi) is 2.64. The summed E-state index contributed by atoms with van der Waals surface area (Å²) in [7, 11) is 0. The van der Waals surface area contributed by atoms with Crippen LogP contribution in [0, 0.1) is 0 Å². The zero-order valence-electron chi connectivity index (χ0n) is 8.77. The first-order chi connectivity index (χ1) is 6.58. The Morgan fingerprint density at radius 1 is 1.29 bits per heavy atom. The Hall–Kier alpha value is -0.380. The zero-order chi connectivity index (χ0) is 10.2. The van der Waals surface area contributed by atoms with Crippen LogP contribution in [-0.4, -0.2) is 29.2 Å². The van der Waals surface area contributed by atoms with Gasteiger partial charge in [0.2, 0.25) is 0 Å². The molecule has 2 rings (SSSR count). The molecule has 80 valence electrons. The van der Waals surface area contributed by atoms with Crippen molar-refractivity contribution in [1.82, 2.24) is 0 Å². The molecule has 1 N–H and O–H groups in total. The van der Waals surface area contributed by atoms with E-state index in [1.54, 1.807) is 0 Å². The van der Waals surface area contributed by atoms with Gasteiger partial charge in [0.05, 0.1) is 12.2 Å². The lowest BCUT2D eigenvalue weighted by Crippen LogP contribution is -2.35. The molecule has 1 fully saturated rings. The van der Waals surface area contributed by atoms with Crippen molar-refractivity contribution in [2.75, 3.05) is 0 Å². The predicted octanol–water partition coefficient (Wildman–Crippen LogP) is 1.61. The Morgan fingerprint density at radius 2 is 2.07 bits per heavy atom. The molecule has 0 radical (unpaired) electrons. The average Bonchev–Trinajstić information content (AvgIpc) is 2.38. The van der Waals surface area contributed by atoms with Crippen molar-refractivity contribution in [2.45, 2.75) is 57.2 Å². The van der Waals surface area contributed by atoms with E-state index in [0.29, 0.717) is 6.42 Å². The summed E-state index contributed by atoms with van der Waals surface area (Å²) >= 11 is 0. The highest BCUT2D eigenvalue weighted by atomic mass is 16.8. The molecule has 0 spiro atoms. The number of fused-ring (bicyclic) bond motifs is 1. The molecule has 1 saturated heterocycles. The standard InChI is InChI=1S/C11H18O3/c1-11(2)13-9-7-5-3-4-6-8(12)10(9)14-11/h3-4,8-10,12H,5-7H2,1-2H3. The molecule has 1 heterocycles. The molecular weight excluding hydrogens is 180 g/mol. The van der Waals surface area contributed by atoms with Crippen LogP contribution < -0.4 is 0 Å². The normalized spacial score (nSPS) is 41.5. The Morgan fingerprint density at radius 3 is 2.86 bits per heavy atom. The van der Waals surface area contributed by atoms with Crippen LogP contribution in [0.4, 0.5) is 0 Å². The number of hydrogen-bond donors (Lipinski definition) is 1. The summed E-state index contributed by atoms with van der Waals surface area (Å²) in [6.07, 6.45) is 6.19. The van der Waals surface area contributed by atoms with Crippen molar-refractivity contribution in [3.05, 3.63) is 12.2 Å². The number of aliphatic hydroxyl groups excluding tert-OH is 1. The van der Waals surface area contributed by atoms with E-state index in [-0.39, 0.29) is 12.2 Å². The molecule has 3 atom stereocenters. The van der Waals surface area contributed by atoms with Gasteiger partial charge in [-0.25, -0.2) is 0 Å². The molecule has 0 aromatic carbocycles. The number of rotatable bonds is 0. The van der Waals surface area contributed by atoms with E-state index in [9.17, 15) is 5.11 Å². The van der Waals surface area contributed by atoms with E-state index in [4.69, 9.17) is 9.47 Å². The quantitative estimate of drug-likeness (QED) is 0.601. The fourth-order valence-corrected chi connectivity index (χ4v) is 2.16. The summed E-state index contributed by atoms with van der Waals surface area (Å²) in [5, 5.41) is 9.86. The molecule has 3 unspecified atom stereocenters. The van der Waals surface area contributed by atoms with Crippen molar-refractivity contribution < 1.29 is 14.6 Å². The van der Waals surface area contributed by atoms with Crippen molar-refractivity contribution in [3.8, 4) is 0 Å². The minimum absolute atomic E-state index is 0.0463. The van der Waals surface area contributed by atoms with E-state index in [1.165, 1.54) is 0 Å². The van der Waals surface area contributed by atoms with Crippen molar-refractivity contribution in [1.29, 1.82) is 0 Å². The van der Waals surface area contributed by atoms with Gasteiger partial charge in [-0.05, 0) is 33.1 Å². The lowest BCUT2D eigenvalue weighted by Gasteiger charge is -2.22. The third-order valence-electron chi connectivity index (χ3n) is 2.76. The van der Waals surface area contributed by atoms with E-state index >= 15 is 0 Å². The fourth-order valence-electron chi connectivity index (χ4n) is 2.16. The molecule has 0 bridgehead atoms. The van der Waals surface area contributed by atoms with Gasteiger partial charge in [0, 0.05) is 0 Å². The maximum Gasteiger partial charge on any atom is 0.163 e. The van der Waals surface area contributed by atoms with Crippen LogP contribution in [0.1, 0.15) is 33.1 Å². The van der Waals surface area contributed by atoms with Gasteiger partial charge in [-0.3, -0.25) is 0 Å². The molecule has 3 nitrogen and oxygen atoms in total. The SMILES string of the molecule is CC1(C)OC2CCC=CCC(O)C2O1. The van der Waals surface area contributed by atoms with Gasteiger partial charge in [0.1, 0.15) is 6.10 Å². The Bertz CT molecular complexity index is 235. The molecular formula is C11H18O3. The van der Waals surface area contributed by atoms with Crippen molar-refractivity contribution >= 4 is 0 Å². The first-order valence-electron chi connectivity index (χ1n) is 5.27. The first kappa shape index (κ1) is 10.1. The van der Waals surface area contributed by atoms with Crippen LogP contribution in [0.5, 0.6) is 0 Å². The van der Waals surface area contributed by atoms with Gasteiger partial charge >= 0.3 is 0 Å². The fraction of sp³-hybridized carbons (Fsp3) is 0.818. The molecule has 14 heavy (non-hydrogen) atoms. The monoisotopic (exact) mass is 198 g/mol. The Labute approximate surface area is 84.7 Å². The van der Waals surface area contributed by atoms with Crippen LogP contribution in [0.25, 0.3) is 0 Å². The topological polar surface area (TPSA) is 38.7 Å². The van der Waals surface area contributed by atoms with Crippen LogP contribution >= 0.6 is 0 Å². The van der Waals surface area contributed by atoms with E-state index in [2.05, 4.69) is 6.08 Å². The van der Waals surface area contributed by atoms with Gasteiger partial charge in [-0.2, -0.15) is 0 Å². The molecule has 0 saturated carbocycles. The van der Waals surface area contributed by atoms with Gasteiger partial charge < -0.3 is 14.6 Å². The number of allylic oxidation sites excluding steroid dienone is 1. The van der Waals surface area contributed by atoms with Crippen LogP contribution in [0.2, 0.25) is 0 Å². The maximum atomic E-state index is 9.86. The largest absolute Gasteiger partial charge is 0.390 e. The van der Waals surface area contributed by atoms with Crippen LogP contribution in [0.15, 0.2) is 12.2 Å². The molecule has 1 aliphatic carbocycles. The van der Waals surface area contributed by atoms with Crippen LogP contribution in [-0.2, 0) is 9.47 Å². The molecule has 0 aromatic rings. The summed E-state index contributed by atoms with van der Waals surface area (Å²) in [6, 6.07) is 0. The van der Waals surface area contributed by atoms with E-state index in [1.807, 2.05) is 19.9 Å². The summed E-state index contributed by atoms with van der Waals surface area (Å²) in [4.78, 5) is 0. The smallest absolute Gasteiger partial charge is 0.163 e. The third kappa shape index (κ3) is 2.00. The zero-order valence-corrected chi connectivity index (χ0v) is 8.77. The van der Waals surface area contributed by atoms with Gasteiger partial charge in [-0.15, -0.1) is 0 Å². The minimum Gasteiger partial charge on any atom is -0.390 e. The second-order valence-corrected chi connectivity index (χ2v) is 4.49. The molecule has 2 aliphatic rings. The molecule has 3 heteroatoms. The number of aliphatic hydroxyl groups is 1. The number of ether oxygens (including phenoxy) is 2. The second-order valence-electron chi connectivity index (χ2n) is 4.49. The molecule has 0 amide bonds. The number of hydrogen-bond acceptors (Lipinski definition) is 3. The summed E-state index contributed by atoms with van der Waals surface area (Å²) in [5.41, 5.74) is 0. The maximum absolute atomic E-state index is 9.86.